The lowest BCUT2D eigenvalue weighted by Gasteiger charge is -2.21. The van der Waals surface area contributed by atoms with E-state index >= 15 is 0 Å². The molecule has 1 unspecified atom stereocenters. The van der Waals surface area contributed by atoms with Crippen LogP contribution in [0, 0.1) is 6.92 Å². The van der Waals surface area contributed by atoms with E-state index in [-0.39, 0.29) is 0 Å². The van der Waals surface area contributed by atoms with Gasteiger partial charge in [-0.05, 0) is 30.5 Å². The van der Waals surface area contributed by atoms with Crippen LogP contribution in [0.2, 0.25) is 5.02 Å². The van der Waals surface area contributed by atoms with Crippen LogP contribution in [-0.4, -0.2) is 12.6 Å². The van der Waals surface area contributed by atoms with Crippen LogP contribution in [0.3, 0.4) is 0 Å². The molecule has 112 valence electrons. The number of halogens is 1. The lowest BCUT2D eigenvalue weighted by molar-refractivity contribution is 0.526. The van der Waals surface area contributed by atoms with Gasteiger partial charge < -0.3 is 5.32 Å². The second-order valence-electron chi connectivity index (χ2n) is 5.97. The summed E-state index contributed by atoms with van der Waals surface area (Å²) in [6.45, 7) is 7.48. The van der Waals surface area contributed by atoms with Gasteiger partial charge in [-0.3, -0.25) is 0 Å². The minimum absolute atomic E-state index is 0.437. The van der Waals surface area contributed by atoms with Crippen LogP contribution in [0.1, 0.15) is 36.5 Å². The molecule has 0 bridgehead atoms. The summed E-state index contributed by atoms with van der Waals surface area (Å²) in [4.78, 5) is 0. The molecule has 1 atom stereocenters. The van der Waals surface area contributed by atoms with Crippen LogP contribution in [0.5, 0.6) is 0 Å². The van der Waals surface area contributed by atoms with E-state index in [1.54, 1.807) is 0 Å². The minimum Gasteiger partial charge on any atom is -0.314 e. The summed E-state index contributed by atoms with van der Waals surface area (Å²) in [7, 11) is 0. The summed E-state index contributed by atoms with van der Waals surface area (Å²) in [5.41, 5.74) is 3.90. The zero-order chi connectivity index (χ0) is 15.2. The number of rotatable bonds is 6. The van der Waals surface area contributed by atoms with Crippen molar-refractivity contribution in [3.8, 4) is 0 Å². The predicted octanol–water partition coefficient (Wildman–Crippen LogP) is 4.97. The molecule has 2 aromatic carbocycles. The molecule has 0 amide bonds. The van der Waals surface area contributed by atoms with Crippen LogP contribution in [0.15, 0.2) is 48.5 Å². The first kappa shape index (κ1) is 16.1. The predicted molar refractivity (Wildman–Crippen MR) is 92.2 cm³/mol. The second kappa shape index (κ2) is 7.63. The lowest BCUT2D eigenvalue weighted by Crippen LogP contribution is -2.29. The van der Waals surface area contributed by atoms with Gasteiger partial charge in [0.2, 0.25) is 0 Å². The highest BCUT2D eigenvalue weighted by atomic mass is 35.5. The van der Waals surface area contributed by atoms with Gasteiger partial charge in [0, 0.05) is 23.5 Å². The van der Waals surface area contributed by atoms with Crippen LogP contribution in [0.25, 0.3) is 0 Å². The lowest BCUT2D eigenvalue weighted by atomic mass is 9.91. The first-order chi connectivity index (χ1) is 10.1. The minimum atomic E-state index is 0.437. The van der Waals surface area contributed by atoms with Gasteiger partial charge >= 0.3 is 0 Å². The van der Waals surface area contributed by atoms with Gasteiger partial charge in [0.15, 0.2) is 0 Å². The zero-order valence-corrected chi connectivity index (χ0v) is 13.8. The standard InChI is InChI=1S/C19H24ClN/c1-14(2)21-13-18(16-9-6-7-15(3)11-16)12-17-8-4-5-10-19(17)20/h4-11,14,18,21H,12-13H2,1-3H3. The van der Waals surface area contributed by atoms with Gasteiger partial charge in [-0.1, -0.05) is 73.5 Å². The van der Waals surface area contributed by atoms with Crippen molar-refractivity contribution in [2.45, 2.75) is 39.2 Å². The molecule has 0 aliphatic rings. The Bertz CT molecular complexity index is 577. The van der Waals surface area contributed by atoms with Gasteiger partial charge in [0.25, 0.3) is 0 Å². The van der Waals surface area contributed by atoms with E-state index in [4.69, 9.17) is 11.6 Å². The quantitative estimate of drug-likeness (QED) is 0.794. The average molecular weight is 302 g/mol. The Morgan fingerprint density at radius 2 is 1.81 bits per heavy atom. The Labute approximate surface area is 133 Å². The number of nitrogens with one attached hydrogen (secondary N) is 1. The topological polar surface area (TPSA) is 12.0 Å². The zero-order valence-electron chi connectivity index (χ0n) is 13.1. The Morgan fingerprint density at radius 3 is 2.48 bits per heavy atom. The van der Waals surface area contributed by atoms with Crippen molar-refractivity contribution in [3.63, 3.8) is 0 Å². The highest BCUT2D eigenvalue weighted by Crippen LogP contribution is 2.25. The molecule has 2 rings (SSSR count). The monoisotopic (exact) mass is 301 g/mol. The van der Waals surface area contributed by atoms with Crippen molar-refractivity contribution in [2.24, 2.45) is 0 Å². The SMILES string of the molecule is Cc1cccc(C(CNC(C)C)Cc2ccccc2Cl)c1. The first-order valence-electron chi connectivity index (χ1n) is 7.59. The summed E-state index contributed by atoms with van der Waals surface area (Å²) in [6.07, 6.45) is 0.961. The average Bonchev–Trinajstić information content (AvgIpc) is 2.45. The van der Waals surface area contributed by atoms with E-state index in [0.717, 1.165) is 18.0 Å². The van der Waals surface area contributed by atoms with Crippen LogP contribution in [0.4, 0.5) is 0 Å². The molecule has 21 heavy (non-hydrogen) atoms. The molecule has 0 aliphatic heterocycles. The molecule has 0 aromatic heterocycles. The fourth-order valence-corrected chi connectivity index (χ4v) is 2.75. The van der Waals surface area contributed by atoms with Crippen molar-refractivity contribution >= 4 is 11.6 Å². The maximum Gasteiger partial charge on any atom is 0.0438 e. The normalized spacial score (nSPS) is 12.6. The smallest absolute Gasteiger partial charge is 0.0438 e. The van der Waals surface area contributed by atoms with Gasteiger partial charge in [0.1, 0.15) is 0 Å². The molecule has 0 fully saturated rings. The Kier molecular flexibility index (Phi) is 5.84. The molecule has 0 saturated heterocycles. The van der Waals surface area contributed by atoms with Crippen LogP contribution in [-0.2, 0) is 6.42 Å². The van der Waals surface area contributed by atoms with E-state index in [0.29, 0.717) is 12.0 Å². The molecule has 0 spiro atoms. The maximum absolute atomic E-state index is 6.33. The van der Waals surface area contributed by atoms with E-state index < -0.39 is 0 Å². The van der Waals surface area contributed by atoms with Crippen LogP contribution >= 0.6 is 11.6 Å². The summed E-state index contributed by atoms with van der Waals surface area (Å²) >= 11 is 6.33. The molecule has 0 saturated carbocycles. The van der Waals surface area contributed by atoms with Crippen molar-refractivity contribution in [3.05, 3.63) is 70.2 Å². The number of hydrogen-bond donors (Lipinski definition) is 1. The third kappa shape index (κ3) is 4.87. The van der Waals surface area contributed by atoms with Gasteiger partial charge in [-0.25, -0.2) is 0 Å². The molecule has 2 heteroatoms. The fourth-order valence-electron chi connectivity index (χ4n) is 2.54. The third-order valence-corrected chi connectivity index (χ3v) is 4.08. The van der Waals surface area contributed by atoms with E-state index in [1.165, 1.54) is 16.7 Å². The highest BCUT2D eigenvalue weighted by molar-refractivity contribution is 6.31. The largest absolute Gasteiger partial charge is 0.314 e. The van der Waals surface area contributed by atoms with Crippen molar-refractivity contribution in [1.82, 2.24) is 5.32 Å². The van der Waals surface area contributed by atoms with E-state index in [9.17, 15) is 0 Å². The molecular formula is C19H24ClN. The van der Waals surface area contributed by atoms with Gasteiger partial charge in [-0.15, -0.1) is 0 Å². The number of benzene rings is 2. The fraction of sp³-hybridized carbons (Fsp3) is 0.368. The molecule has 1 N–H and O–H groups in total. The maximum atomic E-state index is 6.33. The van der Waals surface area contributed by atoms with Crippen molar-refractivity contribution in [1.29, 1.82) is 0 Å². The van der Waals surface area contributed by atoms with Crippen LogP contribution < -0.4 is 5.32 Å². The van der Waals surface area contributed by atoms with Crippen molar-refractivity contribution in [2.75, 3.05) is 6.54 Å². The molecule has 0 heterocycles. The molecule has 0 aliphatic carbocycles. The third-order valence-electron chi connectivity index (χ3n) is 3.71. The Morgan fingerprint density at radius 1 is 1.05 bits per heavy atom. The highest BCUT2D eigenvalue weighted by Gasteiger charge is 2.14. The van der Waals surface area contributed by atoms with Gasteiger partial charge in [0.05, 0.1) is 0 Å². The molecule has 2 aromatic rings. The molecule has 0 radical (unpaired) electrons. The summed E-state index contributed by atoms with van der Waals surface area (Å²) in [5.74, 6) is 0.437. The molecular weight excluding hydrogens is 278 g/mol. The summed E-state index contributed by atoms with van der Waals surface area (Å²) < 4.78 is 0. The second-order valence-corrected chi connectivity index (χ2v) is 6.38. The Balaban J connectivity index is 2.21. The van der Waals surface area contributed by atoms with Gasteiger partial charge in [-0.2, -0.15) is 0 Å². The van der Waals surface area contributed by atoms with E-state index in [2.05, 4.69) is 62.5 Å². The number of hydrogen-bond acceptors (Lipinski definition) is 1. The van der Waals surface area contributed by atoms with Crippen molar-refractivity contribution < 1.29 is 0 Å². The van der Waals surface area contributed by atoms with E-state index in [1.807, 2.05) is 12.1 Å². The summed E-state index contributed by atoms with van der Waals surface area (Å²) in [6, 6.07) is 17.4. The number of aryl methyl sites for hydroxylation is 1. The molecule has 1 nitrogen and oxygen atoms in total. The summed E-state index contributed by atoms with van der Waals surface area (Å²) in [5, 5.41) is 4.42. The first-order valence-corrected chi connectivity index (χ1v) is 7.97. The Hall–Kier alpha value is -1.31.